The number of rotatable bonds is 0. The lowest BCUT2D eigenvalue weighted by atomic mass is 10.1. The third kappa shape index (κ3) is 3.25. The highest BCUT2D eigenvalue weighted by molar-refractivity contribution is 5.32. The zero-order valence-corrected chi connectivity index (χ0v) is 7.15. The molecule has 0 aromatic heterocycles. The Morgan fingerprint density at radius 2 is 2.27 bits per heavy atom. The average molecular weight is 150 g/mol. The number of hydrogen-bond acceptors (Lipinski definition) is 1. The molecule has 1 nitrogen and oxygen atoms in total. The molecular weight excluding hydrogens is 136 g/mol. The van der Waals surface area contributed by atoms with Crippen molar-refractivity contribution in [2.24, 2.45) is 0 Å². The van der Waals surface area contributed by atoms with Crippen molar-refractivity contribution in [3.05, 3.63) is 11.6 Å². The molecule has 0 radical (unpaired) electrons. The first-order chi connectivity index (χ1) is 5.08. The van der Waals surface area contributed by atoms with Crippen LogP contribution in [0.3, 0.4) is 0 Å². The molecule has 1 aliphatic rings. The van der Waals surface area contributed by atoms with Gasteiger partial charge in [0.25, 0.3) is 0 Å². The second kappa shape index (κ2) is 3.11. The molecule has 0 heterocycles. The Bertz CT molecular complexity index is 219. The Morgan fingerprint density at radius 1 is 1.55 bits per heavy atom. The molecule has 0 unspecified atom stereocenters. The summed E-state index contributed by atoms with van der Waals surface area (Å²) < 4.78 is 0. The van der Waals surface area contributed by atoms with Crippen LogP contribution in [0.2, 0.25) is 0 Å². The highest BCUT2D eigenvalue weighted by atomic mass is 16.3. The second-order valence-corrected chi connectivity index (χ2v) is 3.43. The van der Waals surface area contributed by atoms with Gasteiger partial charge in [0.05, 0.1) is 0 Å². The van der Waals surface area contributed by atoms with E-state index in [1.54, 1.807) is 13.8 Å². The molecule has 0 spiro atoms. The summed E-state index contributed by atoms with van der Waals surface area (Å²) in [5.41, 5.74) is 0.343. The van der Waals surface area contributed by atoms with Crippen LogP contribution in [0, 0.1) is 11.8 Å². The normalized spacial score (nSPS) is 17.2. The van der Waals surface area contributed by atoms with Crippen molar-refractivity contribution in [3.8, 4) is 11.8 Å². The molecule has 0 saturated carbocycles. The van der Waals surface area contributed by atoms with Crippen LogP contribution in [-0.2, 0) is 0 Å². The molecule has 1 aliphatic carbocycles. The first-order valence-corrected chi connectivity index (χ1v) is 4.02. The van der Waals surface area contributed by atoms with Gasteiger partial charge in [-0.05, 0) is 38.7 Å². The van der Waals surface area contributed by atoms with Gasteiger partial charge in [0, 0.05) is 0 Å². The van der Waals surface area contributed by atoms with Gasteiger partial charge in [-0.2, -0.15) is 0 Å². The molecule has 0 fully saturated rings. The van der Waals surface area contributed by atoms with Crippen LogP contribution in [0.15, 0.2) is 11.6 Å². The molecular formula is C10H14O. The summed E-state index contributed by atoms with van der Waals surface area (Å²) in [6.07, 6.45) is 5.60. The molecule has 0 aliphatic heterocycles. The highest BCUT2D eigenvalue weighted by Gasteiger charge is 2.07. The molecule has 1 rings (SSSR count). The third-order valence-corrected chi connectivity index (χ3v) is 1.57. The Morgan fingerprint density at radius 3 is 2.73 bits per heavy atom. The van der Waals surface area contributed by atoms with E-state index in [4.69, 9.17) is 0 Å². The lowest BCUT2D eigenvalue weighted by molar-refractivity contribution is 0.143. The zero-order valence-electron chi connectivity index (χ0n) is 7.15. The van der Waals surface area contributed by atoms with Crippen molar-refractivity contribution in [1.29, 1.82) is 0 Å². The van der Waals surface area contributed by atoms with E-state index >= 15 is 0 Å². The van der Waals surface area contributed by atoms with Crippen molar-refractivity contribution in [1.82, 2.24) is 0 Å². The van der Waals surface area contributed by atoms with Gasteiger partial charge in [-0.3, -0.25) is 0 Å². The topological polar surface area (TPSA) is 20.2 Å². The molecule has 0 bridgehead atoms. The fraction of sp³-hybridized carbons (Fsp3) is 0.600. The van der Waals surface area contributed by atoms with E-state index < -0.39 is 5.60 Å². The van der Waals surface area contributed by atoms with E-state index in [1.807, 2.05) is 0 Å². The summed E-state index contributed by atoms with van der Waals surface area (Å²) in [4.78, 5) is 0. The quantitative estimate of drug-likeness (QED) is 0.523. The number of hydrogen-bond donors (Lipinski definition) is 1. The van der Waals surface area contributed by atoms with Crippen LogP contribution < -0.4 is 0 Å². The summed E-state index contributed by atoms with van der Waals surface area (Å²) >= 11 is 0. The van der Waals surface area contributed by atoms with E-state index in [1.165, 1.54) is 12.0 Å². The Balaban J connectivity index is 2.56. The van der Waals surface area contributed by atoms with Crippen LogP contribution >= 0.6 is 0 Å². The Labute approximate surface area is 68.1 Å². The lowest BCUT2D eigenvalue weighted by Gasteiger charge is -2.05. The minimum absolute atomic E-state index is 0.844. The molecule has 60 valence electrons. The van der Waals surface area contributed by atoms with Gasteiger partial charge in [-0.25, -0.2) is 0 Å². The smallest absolute Gasteiger partial charge is 0.120 e. The van der Waals surface area contributed by atoms with Gasteiger partial charge in [0.15, 0.2) is 0 Å². The fourth-order valence-electron chi connectivity index (χ4n) is 1.02. The summed E-state index contributed by atoms with van der Waals surface area (Å²) in [6, 6.07) is 0. The van der Waals surface area contributed by atoms with Crippen molar-refractivity contribution in [2.45, 2.75) is 38.7 Å². The maximum atomic E-state index is 9.28. The van der Waals surface area contributed by atoms with Gasteiger partial charge in [-0.1, -0.05) is 17.9 Å². The molecule has 0 amide bonds. The molecule has 11 heavy (non-hydrogen) atoms. The Kier molecular flexibility index (Phi) is 2.36. The number of allylic oxidation sites excluding steroid dienone is 2. The van der Waals surface area contributed by atoms with Crippen LogP contribution in [0.25, 0.3) is 0 Å². The van der Waals surface area contributed by atoms with Crippen molar-refractivity contribution >= 4 is 0 Å². The average Bonchev–Trinajstić information content (AvgIpc) is 2.32. The molecule has 1 heteroatoms. The van der Waals surface area contributed by atoms with Gasteiger partial charge in [0.2, 0.25) is 0 Å². The summed E-state index contributed by atoms with van der Waals surface area (Å²) in [6.45, 7) is 3.41. The molecule has 0 aromatic carbocycles. The minimum atomic E-state index is -0.844. The van der Waals surface area contributed by atoms with Gasteiger partial charge < -0.3 is 5.11 Å². The third-order valence-electron chi connectivity index (χ3n) is 1.57. The predicted molar refractivity (Wildman–Crippen MR) is 46.0 cm³/mol. The molecule has 0 aromatic rings. The van der Waals surface area contributed by atoms with Gasteiger partial charge >= 0.3 is 0 Å². The van der Waals surface area contributed by atoms with Crippen LogP contribution in [0.4, 0.5) is 0 Å². The Hall–Kier alpha value is -0.740. The lowest BCUT2D eigenvalue weighted by Crippen LogP contribution is -2.14. The highest BCUT2D eigenvalue weighted by Crippen LogP contribution is 2.16. The first-order valence-electron chi connectivity index (χ1n) is 4.02. The monoisotopic (exact) mass is 150 g/mol. The van der Waals surface area contributed by atoms with Gasteiger partial charge in [-0.15, -0.1) is 0 Å². The maximum Gasteiger partial charge on any atom is 0.120 e. The van der Waals surface area contributed by atoms with Crippen LogP contribution in [0.1, 0.15) is 33.1 Å². The van der Waals surface area contributed by atoms with Crippen LogP contribution in [-0.4, -0.2) is 10.7 Å². The summed E-state index contributed by atoms with van der Waals surface area (Å²) in [7, 11) is 0. The minimum Gasteiger partial charge on any atom is -0.378 e. The van der Waals surface area contributed by atoms with E-state index in [0.717, 1.165) is 12.8 Å². The SMILES string of the molecule is CC(C)(O)C#CC1=CCCC1. The van der Waals surface area contributed by atoms with E-state index in [9.17, 15) is 5.11 Å². The molecule has 1 N–H and O–H groups in total. The predicted octanol–water partition coefficient (Wildman–Crippen LogP) is 1.87. The largest absolute Gasteiger partial charge is 0.378 e. The zero-order chi connectivity index (χ0) is 8.32. The van der Waals surface area contributed by atoms with Crippen molar-refractivity contribution in [2.75, 3.05) is 0 Å². The fourth-order valence-corrected chi connectivity index (χ4v) is 1.02. The second-order valence-electron chi connectivity index (χ2n) is 3.43. The van der Waals surface area contributed by atoms with E-state index in [0.29, 0.717) is 0 Å². The van der Waals surface area contributed by atoms with E-state index in [-0.39, 0.29) is 0 Å². The summed E-state index contributed by atoms with van der Waals surface area (Å²) in [5, 5.41) is 9.28. The van der Waals surface area contributed by atoms with Crippen LogP contribution in [0.5, 0.6) is 0 Å². The molecule has 0 atom stereocenters. The number of aliphatic hydroxyl groups is 1. The van der Waals surface area contributed by atoms with Gasteiger partial charge in [0.1, 0.15) is 5.60 Å². The maximum absolute atomic E-state index is 9.28. The molecule has 0 saturated heterocycles. The first kappa shape index (κ1) is 8.36. The van der Waals surface area contributed by atoms with Crippen molar-refractivity contribution < 1.29 is 5.11 Å². The van der Waals surface area contributed by atoms with Crippen molar-refractivity contribution in [3.63, 3.8) is 0 Å². The summed E-state index contributed by atoms with van der Waals surface area (Å²) in [5.74, 6) is 5.78. The standard InChI is InChI=1S/C10H14O/c1-10(2,11)8-7-9-5-3-4-6-9/h5,11H,3-4,6H2,1-2H3. The van der Waals surface area contributed by atoms with E-state index in [2.05, 4.69) is 17.9 Å².